The largest absolute Gasteiger partial charge is 0.0729 e. The van der Waals surface area contributed by atoms with Crippen molar-refractivity contribution in [3.05, 3.63) is 70.6 Å². The van der Waals surface area contributed by atoms with Gasteiger partial charge in [0.15, 0.2) is 0 Å². The smallest absolute Gasteiger partial charge is 0.0151 e. The van der Waals surface area contributed by atoms with Gasteiger partial charge in [-0.05, 0) is 28.8 Å². The molecule has 23 heavy (non-hydrogen) atoms. The van der Waals surface area contributed by atoms with Crippen LogP contribution in [0.2, 0.25) is 0 Å². The number of aryl methyl sites for hydroxylation is 1. The Morgan fingerprint density at radius 1 is 0.609 bits per heavy atom. The topological polar surface area (TPSA) is 0 Å². The minimum atomic E-state index is 1.11. The maximum absolute atomic E-state index is 2.25. The molecular weight excluding hydrogens is 276 g/mol. The number of hydrogen-bond donors (Lipinski definition) is 0. The van der Waals surface area contributed by atoms with Crippen LogP contribution in [0.5, 0.6) is 0 Å². The minimum Gasteiger partial charge on any atom is -0.0729 e. The van der Waals surface area contributed by atoms with Gasteiger partial charge in [-0.15, -0.1) is 0 Å². The van der Waals surface area contributed by atoms with Crippen LogP contribution in [0.25, 0.3) is 12.2 Å². The highest BCUT2D eigenvalue weighted by Crippen LogP contribution is 1.96. The lowest BCUT2D eigenvalue weighted by Crippen LogP contribution is -2.19. The highest BCUT2D eigenvalue weighted by Gasteiger charge is 1.87. The van der Waals surface area contributed by atoms with Gasteiger partial charge >= 0.3 is 0 Å². The second-order valence-corrected chi connectivity index (χ2v) is 4.11. The van der Waals surface area contributed by atoms with E-state index < -0.39 is 0 Å². The van der Waals surface area contributed by atoms with Crippen molar-refractivity contribution >= 4 is 12.2 Å². The lowest BCUT2D eigenvalue weighted by Gasteiger charge is -1.89. The van der Waals surface area contributed by atoms with Crippen molar-refractivity contribution in [3.63, 3.8) is 0 Å². The highest BCUT2D eigenvalue weighted by atomic mass is 13.9. The molecular formula is C23H36. The summed E-state index contributed by atoms with van der Waals surface area (Å²) in [6.07, 6.45) is 6.74. The third kappa shape index (κ3) is 10.5. The van der Waals surface area contributed by atoms with E-state index in [4.69, 9.17) is 0 Å². The van der Waals surface area contributed by atoms with Gasteiger partial charge in [0, 0.05) is 0 Å². The zero-order chi connectivity index (χ0) is 17.9. The molecule has 0 radical (unpaired) electrons. The van der Waals surface area contributed by atoms with Crippen molar-refractivity contribution < 1.29 is 0 Å². The van der Waals surface area contributed by atoms with Crippen LogP contribution in [0.4, 0.5) is 0 Å². The lowest BCUT2D eigenvalue weighted by atomic mass is 10.2. The molecule has 1 aliphatic rings. The van der Waals surface area contributed by atoms with Crippen LogP contribution in [0.3, 0.4) is 0 Å². The van der Waals surface area contributed by atoms with Gasteiger partial charge in [0.1, 0.15) is 0 Å². The Kier molecular flexibility index (Phi) is 18.6. The average molecular weight is 313 g/mol. The molecule has 0 bridgehead atoms. The van der Waals surface area contributed by atoms with Gasteiger partial charge in [0.25, 0.3) is 0 Å². The molecule has 0 spiro atoms. The molecule has 0 aliphatic heterocycles. The first-order chi connectivity index (χ1) is 11.4. The predicted octanol–water partition coefficient (Wildman–Crippen LogP) is 5.98. The van der Waals surface area contributed by atoms with Crippen LogP contribution in [0.1, 0.15) is 60.5 Å². The molecule has 0 saturated carbocycles. The number of hydrogen-bond acceptors (Lipinski definition) is 0. The van der Waals surface area contributed by atoms with E-state index in [0.717, 1.165) is 12.8 Å². The van der Waals surface area contributed by atoms with Gasteiger partial charge in [-0.1, -0.05) is 115 Å². The summed E-state index contributed by atoms with van der Waals surface area (Å²) >= 11 is 0. The minimum absolute atomic E-state index is 1.11. The quantitative estimate of drug-likeness (QED) is 0.607. The van der Waals surface area contributed by atoms with Gasteiger partial charge in [0.05, 0.1) is 0 Å². The normalized spacial score (nSPS) is 9.35. The molecule has 0 aromatic heterocycles. The van der Waals surface area contributed by atoms with Gasteiger partial charge < -0.3 is 0 Å². The van der Waals surface area contributed by atoms with Crippen LogP contribution in [0.15, 0.2) is 54.6 Å². The zero-order valence-electron chi connectivity index (χ0n) is 16.3. The van der Waals surface area contributed by atoms with Crippen LogP contribution >= 0.6 is 0 Å². The van der Waals surface area contributed by atoms with Crippen LogP contribution in [-0.2, 0) is 6.42 Å². The van der Waals surface area contributed by atoms with Crippen LogP contribution in [-0.4, -0.2) is 0 Å². The highest BCUT2D eigenvalue weighted by molar-refractivity contribution is 5.45. The Morgan fingerprint density at radius 2 is 1.00 bits per heavy atom. The Labute approximate surface area is 144 Å². The second-order valence-electron chi connectivity index (χ2n) is 4.11. The summed E-state index contributed by atoms with van der Waals surface area (Å²) in [6, 6.07) is 18.9. The lowest BCUT2D eigenvalue weighted by molar-refractivity contribution is 1.14. The Bertz CT molecular complexity index is 531. The predicted molar refractivity (Wildman–Crippen MR) is 109 cm³/mol. The number of benzene rings is 2. The molecule has 0 unspecified atom stereocenters. The van der Waals surface area contributed by atoms with Crippen LogP contribution < -0.4 is 10.4 Å². The SMILES string of the molecule is C1=c2ccccc2=CC1.CC.CC.CC.CCc1ccccc1. The molecule has 3 rings (SSSR count). The summed E-state index contributed by atoms with van der Waals surface area (Å²) in [5, 5.41) is 2.77. The molecule has 1 aliphatic carbocycles. The van der Waals surface area contributed by atoms with Crippen molar-refractivity contribution in [2.75, 3.05) is 0 Å². The van der Waals surface area contributed by atoms with Crippen LogP contribution in [0, 0.1) is 0 Å². The summed E-state index contributed by atoms with van der Waals surface area (Å²) in [5.74, 6) is 0. The molecule has 0 heterocycles. The number of rotatable bonds is 1. The molecule has 0 atom stereocenters. The summed E-state index contributed by atoms with van der Waals surface area (Å²) in [5.41, 5.74) is 1.41. The number of fused-ring (bicyclic) bond motifs is 1. The van der Waals surface area contributed by atoms with Crippen molar-refractivity contribution in [2.45, 2.75) is 61.3 Å². The van der Waals surface area contributed by atoms with E-state index in [1.807, 2.05) is 47.6 Å². The first kappa shape index (κ1) is 23.4. The molecule has 0 fully saturated rings. The fraction of sp³-hybridized carbons (Fsp3) is 0.391. The van der Waals surface area contributed by atoms with Gasteiger partial charge in [-0.25, -0.2) is 0 Å². The standard InChI is InChI=1S/C9H8.C8H10.3C2H6/c1-2-5-9-7-3-6-8(9)4-1;1-2-8-6-4-3-5-7-8;3*1-2/h1-2,4-7H,3H2;3-7H,2H2,1H3;3*1-2H3. The van der Waals surface area contributed by atoms with E-state index in [9.17, 15) is 0 Å². The van der Waals surface area contributed by atoms with Crippen molar-refractivity contribution in [1.29, 1.82) is 0 Å². The van der Waals surface area contributed by atoms with Gasteiger partial charge in [-0.2, -0.15) is 0 Å². The molecule has 2 aromatic carbocycles. The summed E-state index contributed by atoms with van der Waals surface area (Å²) in [4.78, 5) is 0. The molecule has 128 valence electrons. The average Bonchev–Trinajstić information content (AvgIpc) is 3.16. The fourth-order valence-corrected chi connectivity index (χ4v) is 1.91. The first-order valence-electron chi connectivity index (χ1n) is 9.19. The third-order valence-electron chi connectivity index (χ3n) is 2.92. The molecule has 0 saturated heterocycles. The van der Waals surface area contributed by atoms with E-state index in [0.29, 0.717) is 0 Å². The fourth-order valence-electron chi connectivity index (χ4n) is 1.91. The third-order valence-corrected chi connectivity index (χ3v) is 2.92. The van der Waals surface area contributed by atoms with E-state index >= 15 is 0 Å². The zero-order valence-corrected chi connectivity index (χ0v) is 16.3. The van der Waals surface area contributed by atoms with Crippen molar-refractivity contribution in [2.24, 2.45) is 0 Å². The van der Waals surface area contributed by atoms with E-state index in [2.05, 4.69) is 67.6 Å². The first-order valence-corrected chi connectivity index (χ1v) is 9.19. The summed E-state index contributed by atoms with van der Waals surface area (Å²) in [6.45, 7) is 14.2. The van der Waals surface area contributed by atoms with Gasteiger partial charge in [0.2, 0.25) is 0 Å². The molecule has 2 aromatic rings. The van der Waals surface area contributed by atoms with E-state index in [1.165, 1.54) is 16.0 Å². The maximum Gasteiger partial charge on any atom is -0.0151 e. The second kappa shape index (κ2) is 18.2. The Balaban J connectivity index is 0. The maximum atomic E-state index is 2.25. The van der Waals surface area contributed by atoms with E-state index in [-0.39, 0.29) is 0 Å². The molecule has 0 N–H and O–H groups in total. The van der Waals surface area contributed by atoms with Gasteiger partial charge in [-0.3, -0.25) is 0 Å². The van der Waals surface area contributed by atoms with E-state index in [1.54, 1.807) is 0 Å². The summed E-state index contributed by atoms with van der Waals surface area (Å²) < 4.78 is 0. The Hall–Kier alpha value is -1.82. The molecule has 0 heteroatoms. The van der Waals surface area contributed by atoms with Crippen molar-refractivity contribution in [1.82, 2.24) is 0 Å². The molecule has 0 amide bonds. The summed E-state index contributed by atoms with van der Waals surface area (Å²) in [7, 11) is 0. The monoisotopic (exact) mass is 312 g/mol. The molecule has 0 nitrogen and oxygen atoms in total. The van der Waals surface area contributed by atoms with Crippen molar-refractivity contribution in [3.8, 4) is 0 Å². The Morgan fingerprint density at radius 3 is 1.35 bits per heavy atom.